The number of likely N-dealkylation sites (tertiary alicyclic amines) is 1. The minimum atomic E-state index is -0.245. The SMILES string of the molecule is Cc1ccc(CN2CC(C(=O)NCCc3cccc(C)c3)CC2=O)cc1. The molecule has 4 nitrogen and oxygen atoms in total. The van der Waals surface area contributed by atoms with E-state index in [1.54, 1.807) is 4.90 Å². The Hall–Kier alpha value is -2.62. The molecule has 26 heavy (non-hydrogen) atoms. The van der Waals surface area contributed by atoms with Gasteiger partial charge in [0.05, 0.1) is 5.92 Å². The van der Waals surface area contributed by atoms with Gasteiger partial charge in [-0.05, 0) is 31.4 Å². The molecule has 3 rings (SSSR count). The highest BCUT2D eigenvalue weighted by atomic mass is 16.2. The van der Waals surface area contributed by atoms with Crippen LogP contribution in [-0.4, -0.2) is 29.8 Å². The fourth-order valence-electron chi connectivity index (χ4n) is 3.36. The Morgan fingerprint density at radius 3 is 2.58 bits per heavy atom. The highest BCUT2D eigenvalue weighted by molar-refractivity contribution is 5.89. The van der Waals surface area contributed by atoms with Crippen LogP contribution in [-0.2, 0) is 22.6 Å². The van der Waals surface area contributed by atoms with E-state index < -0.39 is 0 Å². The summed E-state index contributed by atoms with van der Waals surface area (Å²) >= 11 is 0. The van der Waals surface area contributed by atoms with Crippen molar-refractivity contribution in [3.63, 3.8) is 0 Å². The third-order valence-electron chi connectivity index (χ3n) is 4.87. The number of rotatable bonds is 6. The van der Waals surface area contributed by atoms with Gasteiger partial charge in [-0.1, -0.05) is 59.7 Å². The van der Waals surface area contributed by atoms with Gasteiger partial charge in [-0.15, -0.1) is 0 Å². The second-order valence-electron chi connectivity index (χ2n) is 7.19. The molecule has 0 radical (unpaired) electrons. The Morgan fingerprint density at radius 2 is 1.85 bits per heavy atom. The van der Waals surface area contributed by atoms with Gasteiger partial charge in [-0.25, -0.2) is 0 Å². The van der Waals surface area contributed by atoms with E-state index in [0.717, 1.165) is 12.0 Å². The molecular formula is C22H26N2O2. The Kier molecular flexibility index (Phi) is 5.71. The van der Waals surface area contributed by atoms with Crippen LogP contribution in [0.5, 0.6) is 0 Å². The monoisotopic (exact) mass is 350 g/mol. The molecule has 1 saturated heterocycles. The summed E-state index contributed by atoms with van der Waals surface area (Å²) in [5, 5.41) is 2.99. The molecule has 1 unspecified atom stereocenters. The average Bonchev–Trinajstić information content (AvgIpc) is 2.98. The molecule has 0 aliphatic carbocycles. The zero-order valence-corrected chi connectivity index (χ0v) is 15.5. The molecule has 136 valence electrons. The molecule has 0 aromatic heterocycles. The summed E-state index contributed by atoms with van der Waals surface area (Å²) in [6, 6.07) is 16.5. The molecule has 1 heterocycles. The minimum Gasteiger partial charge on any atom is -0.355 e. The highest BCUT2D eigenvalue weighted by Gasteiger charge is 2.33. The largest absolute Gasteiger partial charge is 0.355 e. The number of carbonyl (C=O) groups is 2. The van der Waals surface area contributed by atoms with Crippen molar-refractivity contribution in [2.24, 2.45) is 5.92 Å². The van der Waals surface area contributed by atoms with Crippen molar-refractivity contribution >= 4 is 11.8 Å². The fourth-order valence-corrected chi connectivity index (χ4v) is 3.36. The van der Waals surface area contributed by atoms with Crippen molar-refractivity contribution in [1.82, 2.24) is 10.2 Å². The van der Waals surface area contributed by atoms with E-state index in [0.29, 0.717) is 26.1 Å². The van der Waals surface area contributed by atoms with E-state index in [1.165, 1.54) is 16.7 Å². The standard InChI is InChI=1S/C22H26N2O2/c1-16-6-8-19(9-7-16)14-24-15-20(13-21(24)25)22(26)23-11-10-18-5-3-4-17(2)12-18/h3-9,12,20H,10-11,13-15H2,1-2H3,(H,23,26). The van der Waals surface area contributed by atoms with E-state index in [4.69, 9.17) is 0 Å². The lowest BCUT2D eigenvalue weighted by Crippen LogP contribution is -2.34. The van der Waals surface area contributed by atoms with Crippen LogP contribution in [0.3, 0.4) is 0 Å². The number of hydrogen-bond donors (Lipinski definition) is 1. The molecule has 2 aromatic carbocycles. The minimum absolute atomic E-state index is 0.0163. The second kappa shape index (κ2) is 8.17. The van der Waals surface area contributed by atoms with Crippen LogP contribution < -0.4 is 5.32 Å². The second-order valence-corrected chi connectivity index (χ2v) is 7.19. The molecule has 0 bridgehead atoms. The Morgan fingerprint density at radius 1 is 1.08 bits per heavy atom. The van der Waals surface area contributed by atoms with Crippen LogP contribution in [0.4, 0.5) is 0 Å². The maximum absolute atomic E-state index is 12.4. The lowest BCUT2D eigenvalue weighted by Gasteiger charge is -2.17. The first-order valence-corrected chi connectivity index (χ1v) is 9.18. The molecule has 0 saturated carbocycles. The maximum atomic E-state index is 12.4. The summed E-state index contributed by atoms with van der Waals surface area (Å²) in [6.45, 7) is 5.79. The van der Waals surface area contributed by atoms with Gasteiger partial charge in [-0.2, -0.15) is 0 Å². The quantitative estimate of drug-likeness (QED) is 0.871. The van der Waals surface area contributed by atoms with Gasteiger partial charge in [-0.3, -0.25) is 9.59 Å². The zero-order valence-electron chi connectivity index (χ0n) is 15.5. The van der Waals surface area contributed by atoms with E-state index in [1.807, 2.05) is 37.3 Å². The Labute approximate surface area is 155 Å². The zero-order chi connectivity index (χ0) is 18.5. The van der Waals surface area contributed by atoms with Gasteiger partial charge in [0.2, 0.25) is 11.8 Å². The van der Waals surface area contributed by atoms with Gasteiger partial charge in [0, 0.05) is 26.1 Å². The van der Waals surface area contributed by atoms with Gasteiger partial charge in [0.1, 0.15) is 0 Å². The normalized spacial score (nSPS) is 16.8. The third kappa shape index (κ3) is 4.72. The summed E-state index contributed by atoms with van der Waals surface area (Å²) in [4.78, 5) is 26.4. The summed E-state index contributed by atoms with van der Waals surface area (Å²) in [6.07, 6.45) is 1.11. The number of benzene rings is 2. The van der Waals surface area contributed by atoms with E-state index in [2.05, 4.69) is 30.4 Å². The van der Waals surface area contributed by atoms with E-state index in [-0.39, 0.29) is 17.7 Å². The molecule has 1 N–H and O–H groups in total. The molecule has 2 amide bonds. The third-order valence-corrected chi connectivity index (χ3v) is 4.87. The smallest absolute Gasteiger partial charge is 0.225 e. The first-order chi connectivity index (χ1) is 12.5. The Bertz CT molecular complexity index is 783. The first kappa shape index (κ1) is 18.2. The fraction of sp³-hybridized carbons (Fsp3) is 0.364. The topological polar surface area (TPSA) is 49.4 Å². The van der Waals surface area contributed by atoms with Gasteiger partial charge >= 0.3 is 0 Å². The number of amides is 2. The van der Waals surface area contributed by atoms with Crippen molar-refractivity contribution < 1.29 is 9.59 Å². The van der Waals surface area contributed by atoms with Crippen molar-refractivity contribution in [3.8, 4) is 0 Å². The number of hydrogen-bond acceptors (Lipinski definition) is 2. The van der Waals surface area contributed by atoms with Crippen molar-refractivity contribution in [3.05, 3.63) is 70.8 Å². The summed E-state index contributed by atoms with van der Waals surface area (Å²) < 4.78 is 0. The average molecular weight is 350 g/mol. The van der Waals surface area contributed by atoms with E-state index >= 15 is 0 Å². The van der Waals surface area contributed by atoms with Crippen molar-refractivity contribution in [2.75, 3.05) is 13.1 Å². The van der Waals surface area contributed by atoms with Crippen LogP contribution in [0.2, 0.25) is 0 Å². The molecule has 0 spiro atoms. The lowest BCUT2D eigenvalue weighted by molar-refractivity contribution is -0.129. The predicted octanol–water partition coefficient (Wildman–Crippen LogP) is 3.01. The molecule has 1 aliphatic heterocycles. The van der Waals surface area contributed by atoms with Crippen LogP contribution >= 0.6 is 0 Å². The number of aryl methyl sites for hydroxylation is 2. The summed E-state index contributed by atoms with van der Waals surface area (Å²) in [5.41, 5.74) is 4.74. The molecule has 2 aromatic rings. The van der Waals surface area contributed by atoms with Gasteiger partial charge in [0.15, 0.2) is 0 Å². The van der Waals surface area contributed by atoms with Crippen LogP contribution in [0, 0.1) is 19.8 Å². The number of nitrogens with one attached hydrogen (secondary N) is 1. The molecular weight excluding hydrogens is 324 g/mol. The van der Waals surface area contributed by atoms with E-state index in [9.17, 15) is 9.59 Å². The molecule has 1 atom stereocenters. The highest BCUT2D eigenvalue weighted by Crippen LogP contribution is 2.20. The molecule has 4 heteroatoms. The van der Waals surface area contributed by atoms with Crippen molar-refractivity contribution in [1.29, 1.82) is 0 Å². The molecule has 1 aliphatic rings. The van der Waals surface area contributed by atoms with Crippen LogP contribution in [0.15, 0.2) is 48.5 Å². The summed E-state index contributed by atoms with van der Waals surface area (Å²) in [5.74, 6) is -0.202. The predicted molar refractivity (Wildman–Crippen MR) is 103 cm³/mol. The molecule has 1 fully saturated rings. The Balaban J connectivity index is 1.48. The van der Waals surface area contributed by atoms with Crippen molar-refractivity contribution in [2.45, 2.75) is 33.2 Å². The first-order valence-electron chi connectivity index (χ1n) is 9.18. The number of carbonyl (C=O) groups excluding carboxylic acids is 2. The number of nitrogens with zero attached hydrogens (tertiary/aromatic N) is 1. The van der Waals surface area contributed by atoms with Crippen LogP contribution in [0.1, 0.15) is 28.7 Å². The van der Waals surface area contributed by atoms with Gasteiger partial charge in [0.25, 0.3) is 0 Å². The lowest BCUT2D eigenvalue weighted by atomic mass is 10.1. The maximum Gasteiger partial charge on any atom is 0.225 e. The summed E-state index contributed by atoms with van der Waals surface area (Å²) in [7, 11) is 0. The van der Waals surface area contributed by atoms with Gasteiger partial charge < -0.3 is 10.2 Å². The van der Waals surface area contributed by atoms with Crippen LogP contribution in [0.25, 0.3) is 0 Å².